The van der Waals surface area contributed by atoms with Crippen LogP contribution in [0, 0.1) is 17.3 Å². The van der Waals surface area contributed by atoms with Gasteiger partial charge in [0.2, 0.25) is 0 Å². The minimum absolute atomic E-state index is 0.274. The molecule has 7 nitrogen and oxygen atoms in total. The molecular formula is C20H46N4O3. The number of rotatable bonds is 8. The van der Waals surface area contributed by atoms with Gasteiger partial charge in [-0.3, -0.25) is 15.2 Å². The third-order valence-electron chi connectivity index (χ3n) is 3.47. The van der Waals surface area contributed by atoms with Crippen molar-refractivity contribution < 1.29 is 15.6 Å². The number of hydrogen-bond acceptors (Lipinski definition) is 6. The van der Waals surface area contributed by atoms with Gasteiger partial charge in [0.1, 0.15) is 0 Å². The number of hydrogen-bond donors (Lipinski definition) is 3. The van der Waals surface area contributed by atoms with Gasteiger partial charge in [-0.2, -0.15) is 0 Å². The second-order valence-corrected chi connectivity index (χ2v) is 8.08. The fraction of sp³-hybridized carbons (Fsp3) is 0.900. The van der Waals surface area contributed by atoms with Crippen LogP contribution in [0.25, 0.3) is 0 Å². The van der Waals surface area contributed by atoms with E-state index < -0.39 is 0 Å². The van der Waals surface area contributed by atoms with Gasteiger partial charge in [-0.05, 0) is 37.3 Å². The molecule has 164 valence electrons. The van der Waals surface area contributed by atoms with Crippen molar-refractivity contribution in [3.8, 4) is 0 Å². The molecule has 0 amide bonds. The van der Waals surface area contributed by atoms with Gasteiger partial charge in [-0.15, -0.1) is 5.10 Å². The van der Waals surface area contributed by atoms with E-state index in [1.807, 2.05) is 32.4 Å². The van der Waals surface area contributed by atoms with E-state index in [-0.39, 0.29) is 5.41 Å². The van der Waals surface area contributed by atoms with Crippen molar-refractivity contribution in [2.45, 2.75) is 81.8 Å². The largest absolute Gasteiger partial charge is 0.396 e. The number of aliphatic hydroxyl groups is 1. The zero-order valence-electron chi connectivity index (χ0n) is 19.4. The van der Waals surface area contributed by atoms with Gasteiger partial charge in [0, 0.05) is 25.9 Å². The Balaban J connectivity index is -0.000000543. The normalized spacial score (nSPS) is 10.7. The highest BCUT2D eigenvalue weighted by molar-refractivity contribution is 4.92. The first-order valence-electron chi connectivity index (χ1n) is 9.98. The van der Waals surface area contributed by atoms with Gasteiger partial charge < -0.3 is 10.0 Å². The lowest BCUT2D eigenvalue weighted by atomic mass is 9.84. The minimum Gasteiger partial charge on any atom is -0.396 e. The van der Waals surface area contributed by atoms with Crippen LogP contribution >= 0.6 is 0 Å². The summed E-state index contributed by atoms with van der Waals surface area (Å²) in [6.45, 7) is 22.4. The highest BCUT2D eigenvalue weighted by Gasteiger charge is 2.21. The van der Waals surface area contributed by atoms with E-state index in [0.29, 0.717) is 18.4 Å². The number of nitrogens with zero attached hydrogens (tertiary/aromatic N) is 4. The molecule has 0 spiro atoms. The lowest BCUT2D eigenvalue weighted by molar-refractivity contribution is -0.176. The van der Waals surface area contributed by atoms with Gasteiger partial charge >= 0.3 is 0 Å². The number of aliphatic hydroxyl groups excluding tert-OH is 1. The maximum atomic E-state index is 8.14. The molecule has 0 bridgehead atoms. The zero-order valence-corrected chi connectivity index (χ0v) is 19.4. The summed E-state index contributed by atoms with van der Waals surface area (Å²) in [5.74, 6) is 1.16. The van der Waals surface area contributed by atoms with Crippen LogP contribution < -0.4 is 0 Å². The maximum Gasteiger partial charge on any atom is 0.0967 e. The Hall–Kier alpha value is -1.02. The van der Waals surface area contributed by atoms with Crippen LogP contribution in [0.2, 0.25) is 0 Å². The third-order valence-corrected chi connectivity index (χ3v) is 3.47. The molecule has 0 unspecified atom stereocenters. The molecule has 1 rings (SSSR count). The standard InChI is InChI=1S/C14H28N4.C4H10O.C2H6.H2O2/c1-7-17(6)9-13-10-18(16-15-13)11-14(4,5)8-12(2)3;1-4(2)3-5;2*1-2/h10,12H,7-9,11H2,1-6H3;4-5H,3H2,1-2H3;1-2H3;1-2H. The van der Waals surface area contributed by atoms with Crippen LogP contribution in [0.4, 0.5) is 0 Å². The van der Waals surface area contributed by atoms with Crippen LogP contribution in [0.15, 0.2) is 6.20 Å². The van der Waals surface area contributed by atoms with Crippen molar-refractivity contribution in [2.75, 3.05) is 20.2 Å². The van der Waals surface area contributed by atoms with Crippen LogP contribution in [-0.4, -0.2) is 55.7 Å². The molecule has 0 atom stereocenters. The van der Waals surface area contributed by atoms with Crippen molar-refractivity contribution in [1.29, 1.82) is 0 Å². The van der Waals surface area contributed by atoms with Crippen molar-refractivity contribution >= 4 is 0 Å². The molecule has 27 heavy (non-hydrogen) atoms. The predicted octanol–water partition coefficient (Wildman–Crippen LogP) is 4.48. The molecule has 1 aromatic rings. The monoisotopic (exact) mass is 390 g/mol. The number of aromatic nitrogens is 3. The minimum atomic E-state index is 0.274. The first-order valence-corrected chi connectivity index (χ1v) is 9.98. The Morgan fingerprint density at radius 3 is 1.96 bits per heavy atom. The van der Waals surface area contributed by atoms with Gasteiger partial charge in [-0.1, -0.05) is 67.5 Å². The Kier molecular flexibility index (Phi) is 20.9. The Labute approximate surface area is 167 Å². The van der Waals surface area contributed by atoms with Crippen LogP contribution in [0.5, 0.6) is 0 Å². The quantitative estimate of drug-likeness (QED) is 0.447. The Bertz CT molecular complexity index is 421. The maximum absolute atomic E-state index is 8.14. The molecule has 7 heteroatoms. The lowest BCUT2D eigenvalue weighted by Gasteiger charge is -2.26. The summed E-state index contributed by atoms with van der Waals surface area (Å²) in [6, 6.07) is 0. The molecule has 0 saturated heterocycles. The van der Waals surface area contributed by atoms with Crippen molar-refractivity contribution in [1.82, 2.24) is 19.9 Å². The summed E-state index contributed by atoms with van der Waals surface area (Å²) >= 11 is 0. The fourth-order valence-electron chi connectivity index (χ4n) is 2.48. The smallest absolute Gasteiger partial charge is 0.0967 e. The second-order valence-electron chi connectivity index (χ2n) is 8.08. The van der Waals surface area contributed by atoms with E-state index in [9.17, 15) is 0 Å². The average molecular weight is 391 g/mol. The first-order chi connectivity index (χ1) is 12.6. The van der Waals surface area contributed by atoms with Crippen molar-refractivity contribution in [3.63, 3.8) is 0 Å². The van der Waals surface area contributed by atoms with Crippen molar-refractivity contribution in [2.24, 2.45) is 17.3 Å². The molecule has 0 radical (unpaired) electrons. The Morgan fingerprint density at radius 1 is 1.11 bits per heavy atom. The van der Waals surface area contributed by atoms with E-state index >= 15 is 0 Å². The summed E-state index contributed by atoms with van der Waals surface area (Å²) in [4.78, 5) is 2.23. The molecule has 1 aromatic heterocycles. The van der Waals surface area contributed by atoms with Crippen LogP contribution in [0.1, 0.15) is 74.4 Å². The predicted molar refractivity (Wildman–Crippen MR) is 114 cm³/mol. The SMILES string of the molecule is CC.CC(C)CO.CCN(C)Cc1cn(CC(C)(C)CC(C)C)nn1.OO. The average Bonchev–Trinajstić information content (AvgIpc) is 3.03. The fourth-order valence-corrected chi connectivity index (χ4v) is 2.48. The second kappa shape index (κ2) is 18.3. The molecule has 0 aromatic carbocycles. The van der Waals surface area contributed by atoms with Gasteiger partial charge in [0.15, 0.2) is 0 Å². The molecule has 0 aliphatic carbocycles. The molecule has 0 aliphatic rings. The Morgan fingerprint density at radius 2 is 1.59 bits per heavy atom. The van der Waals surface area contributed by atoms with E-state index in [4.69, 9.17) is 15.6 Å². The zero-order chi connectivity index (χ0) is 22.0. The molecule has 0 aliphatic heterocycles. The highest BCUT2D eigenvalue weighted by Crippen LogP contribution is 2.26. The first kappa shape index (κ1) is 30.7. The molecular weight excluding hydrogens is 344 g/mol. The molecule has 0 fully saturated rings. The summed E-state index contributed by atoms with van der Waals surface area (Å²) < 4.78 is 1.99. The summed E-state index contributed by atoms with van der Waals surface area (Å²) in [6.07, 6.45) is 3.28. The van der Waals surface area contributed by atoms with E-state index in [1.165, 1.54) is 6.42 Å². The van der Waals surface area contributed by atoms with E-state index in [0.717, 1.165) is 25.3 Å². The summed E-state index contributed by atoms with van der Waals surface area (Å²) in [5, 5.41) is 28.6. The van der Waals surface area contributed by atoms with Gasteiger partial charge in [-0.25, -0.2) is 0 Å². The molecule has 0 saturated carbocycles. The summed E-state index contributed by atoms with van der Waals surface area (Å²) in [5.41, 5.74) is 1.33. The molecule has 3 N–H and O–H groups in total. The third kappa shape index (κ3) is 19.5. The molecule has 1 heterocycles. The van der Waals surface area contributed by atoms with Crippen LogP contribution in [0.3, 0.4) is 0 Å². The van der Waals surface area contributed by atoms with Gasteiger partial charge in [0.25, 0.3) is 0 Å². The highest BCUT2D eigenvalue weighted by atomic mass is 17.0. The lowest BCUT2D eigenvalue weighted by Crippen LogP contribution is -2.22. The van der Waals surface area contributed by atoms with Crippen LogP contribution in [-0.2, 0) is 13.1 Å². The van der Waals surface area contributed by atoms with Gasteiger partial charge in [0.05, 0.1) is 5.69 Å². The topological polar surface area (TPSA) is 94.6 Å². The van der Waals surface area contributed by atoms with E-state index in [1.54, 1.807) is 0 Å². The van der Waals surface area contributed by atoms with E-state index in [2.05, 4.69) is 63.1 Å². The summed E-state index contributed by atoms with van der Waals surface area (Å²) in [7, 11) is 2.10. The van der Waals surface area contributed by atoms with Crippen molar-refractivity contribution in [3.05, 3.63) is 11.9 Å².